The Labute approximate surface area is 118 Å². The topological polar surface area (TPSA) is 46.2 Å². The van der Waals surface area contributed by atoms with Gasteiger partial charge in [0, 0.05) is 0 Å². The molecule has 0 amide bonds. The van der Waals surface area contributed by atoms with E-state index in [4.69, 9.17) is 0 Å². The lowest BCUT2D eigenvalue weighted by molar-refractivity contribution is 0.328. The molecule has 0 saturated heterocycles. The minimum Gasteiger partial charge on any atom is -0.212 e. The lowest BCUT2D eigenvalue weighted by Crippen LogP contribution is -2.55. The molecule has 112 valence electrons. The van der Waals surface area contributed by atoms with E-state index in [2.05, 4.69) is 31.6 Å². The Morgan fingerprint density at radius 1 is 1.16 bits per heavy atom. The highest BCUT2D eigenvalue weighted by atomic mass is 32.2. The maximum absolute atomic E-state index is 12.5. The van der Waals surface area contributed by atoms with E-state index in [1.807, 2.05) is 6.92 Å². The van der Waals surface area contributed by atoms with Crippen LogP contribution >= 0.6 is 0 Å². The molecule has 0 aliphatic heterocycles. The van der Waals surface area contributed by atoms with E-state index in [1.165, 1.54) is 5.57 Å². The van der Waals surface area contributed by atoms with E-state index in [9.17, 15) is 8.42 Å². The molecule has 0 heterocycles. The Morgan fingerprint density at radius 2 is 1.68 bits per heavy atom. The Bertz CT molecular complexity index is 463. The Kier molecular flexibility index (Phi) is 4.29. The van der Waals surface area contributed by atoms with Crippen molar-refractivity contribution in [2.24, 2.45) is 5.41 Å². The smallest absolute Gasteiger partial charge is 0.212 e. The summed E-state index contributed by atoms with van der Waals surface area (Å²) in [6, 6.07) is 0. The fourth-order valence-corrected chi connectivity index (χ4v) is 3.86. The molecular formula is C15H29NO2S. The highest BCUT2D eigenvalue weighted by Gasteiger charge is 2.42. The number of nitrogens with one attached hydrogen (secondary N) is 1. The Balaban J connectivity index is 3.17. The van der Waals surface area contributed by atoms with Crippen LogP contribution in [0.4, 0.5) is 0 Å². The molecule has 1 atom stereocenters. The fraction of sp³-hybridized carbons (Fsp3) is 0.867. The second-order valence-corrected chi connectivity index (χ2v) is 10.2. The van der Waals surface area contributed by atoms with Gasteiger partial charge >= 0.3 is 0 Å². The Hall–Kier alpha value is -0.350. The number of hydrogen-bond donors (Lipinski definition) is 1. The highest BCUT2D eigenvalue weighted by molar-refractivity contribution is 7.90. The summed E-state index contributed by atoms with van der Waals surface area (Å²) in [7, 11) is -3.34. The zero-order chi connectivity index (χ0) is 15.1. The summed E-state index contributed by atoms with van der Waals surface area (Å²) >= 11 is 0. The molecule has 3 nitrogen and oxygen atoms in total. The monoisotopic (exact) mass is 287 g/mol. The van der Waals surface area contributed by atoms with Gasteiger partial charge in [-0.25, -0.2) is 13.1 Å². The van der Waals surface area contributed by atoms with Gasteiger partial charge in [-0.1, -0.05) is 26.8 Å². The van der Waals surface area contributed by atoms with E-state index in [0.717, 1.165) is 19.3 Å². The summed E-state index contributed by atoms with van der Waals surface area (Å²) in [6.07, 6.45) is 5.16. The van der Waals surface area contributed by atoms with E-state index >= 15 is 0 Å². The standard InChI is InChI=1S/C15H29NO2S/c1-13(2,3)12-10-8-9-11-15(12,7)16-19(17,18)14(4,5)6/h10,16H,8-9,11H2,1-7H3. The van der Waals surface area contributed by atoms with Crippen LogP contribution in [-0.2, 0) is 10.0 Å². The van der Waals surface area contributed by atoms with Crippen molar-refractivity contribution in [1.29, 1.82) is 0 Å². The first-order chi connectivity index (χ1) is 8.30. The van der Waals surface area contributed by atoms with Crippen LogP contribution in [0.2, 0.25) is 0 Å². The van der Waals surface area contributed by atoms with Gasteiger partial charge in [-0.05, 0) is 57.9 Å². The van der Waals surface area contributed by atoms with Gasteiger partial charge in [0.15, 0.2) is 0 Å². The highest BCUT2D eigenvalue weighted by Crippen LogP contribution is 2.41. The summed E-state index contributed by atoms with van der Waals surface area (Å²) in [6.45, 7) is 13.7. The lowest BCUT2D eigenvalue weighted by Gasteiger charge is -2.43. The van der Waals surface area contributed by atoms with Crippen molar-refractivity contribution in [2.75, 3.05) is 0 Å². The molecule has 0 fully saturated rings. The average molecular weight is 287 g/mol. The second kappa shape index (κ2) is 4.88. The van der Waals surface area contributed by atoms with Crippen molar-refractivity contribution in [3.8, 4) is 0 Å². The van der Waals surface area contributed by atoms with Crippen LogP contribution in [0.5, 0.6) is 0 Å². The third-order valence-electron chi connectivity index (χ3n) is 3.80. The van der Waals surface area contributed by atoms with Crippen LogP contribution in [0.15, 0.2) is 11.6 Å². The number of sulfonamides is 1. The minimum absolute atomic E-state index is 0.0183. The largest absolute Gasteiger partial charge is 0.217 e. The number of hydrogen-bond acceptors (Lipinski definition) is 2. The zero-order valence-electron chi connectivity index (χ0n) is 13.4. The number of allylic oxidation sites excluding steroid dienone is 1. The summed E-state index contributed by atoms with van der Waals surface area (Å²) in [5.74, 6) is 0. The van der Waals surface area contributed by atoms with Crippen molar-refractivity contribution >= 4 is 10.0 Å². The van der Waals surface area contributed by atoms with Gasteiger partial charge in [0.05, 0.1) is 10.3 Å². The summed E-state index contributed by atoms with van der Waals surface area (Å²) in [5.41, 5.74) is 0.733. The molecule has 0 saturated carbocycles. The van der Waals surface area contributed by atoms with Crippen molar-refractivity contribution in [1.82, 2.24) is 4.72 Å². The van der Waals surface area contributed by atoms with Crippen LogP contribution in [0.3, 0.4) is 0 Å². The van der Waals surface area contributed by atoms with Crippen molar-refractivity contribution < 1.29 is 8.42 Å². The predicted octanol–water partition coefficient (Wildman–Crippen LogP) is 3.62. The van der Waals surface area contributed by atoms with Gasteiger partial charge in [-0.15, -0.1) is 0 Å². The van der Waals surface area contributed by atoms with E-state index in [-0.39, 0.29) is 5.41 Å². The maximum atomic E-state index is 12.5. The summed E-state index contributed by atoms with van der Waals surface area (Å²) in [5, 5.41) is 0. The van der Waals surface area contributed by atoms with Gasteiger partial charge in [-0.2, -0.15) is 0 Å². The van der Waals surface area contributed by atoms with Crippen LogP contribution < -0.4 is 4.72 Å². The molecular weight excluding hydrogens is 258 g/mol. The first-order valence-electron chi connectivity index (χ1n) is 7.04. The van der Waals surface area contributed by atoms with Crippen LogP contribution in [0, 0.1) is 5.41 Å². The Morgan fingerprint density at radius 3 is 2.11 bits per heavy atom. The molecule has 0 radical (unpaired) electrons. The molecule has 1 N–H and O–H groups in total. The normalized spacial score (nSPS) is 26.2. The van der Waals surface area contributed by atoms with E-state index in [0.29, 0.717) is 0 Å². The second-order valence-electron chi connectivity index (χ2n) is 7.81. The molecule has 0 aromatic carbocycles. The zero-order valence-corrected chi connectivity index (χ0v) is 14.2. The van der Waals surface area contributed by atoms with Crippen molar-refractivity contribution in [3.05, 3.63) is 11.6 Å². The van der Waals surface area contributed by atoms with Gasteiger partial charge in [0.1, 0.15) is 0 Å². The van der Waals surface area contributed by atoms with Gasteiger partial charge in [0.25, 0.3) is 0 Å². The van der Waals surface area contributed by atoms with Crippen molar-refractivity contribution in [2.45, 2.75) is 78.0 Å². The predicted molar refractivity (Wildman–Crippen MR) is 81.6 cm³/mol. The van der Waals surface area contributed by atoms with E-state index < -0.39 is 20.3 Å². The number of rotatable bonds is 2. The van der Waals surface area contributed by atoms with E-state index in [1.54, 1.807) is 20.8 Å². The molecule has 1 aliphatic carbocycles. The minimum atomic E-state index is -3.34. The van der Waals surface area contributed by atoms with Gasteiger partial charge < -0.3 is 0 Å². The lowest BCUT2D eigenvalue weighted by atomic mass is 9.70. The fourth-order valence-electron chi connectivity index (χ4n) is 2.75. The first kappa shape index (κ1) is 16.7. The molecule has 1 aliphatic rings. The van der Waals surface area contributed by atoms with Crippen LogP contribution in [0.1, 0.15) is 67.7 Å². The summed E-state index contributed by atoms with van der Waals surface area (Å²) < 4.78 is 27.1. The molecule has 0 bridgehead atoms. The van der Waals surface area contributed by atoms with Crippen molar-refractivity contribution in [3.63, 3.8) is 0 Å². The molecule has 0 spiro atoms. The molecule has 1 rings (SSSR count). The SMILES string of the molecule is CC(C)(C)C1=CCCCC1(C)NS(=O)(=O)C(C)(C)C. The third-order valence-corrected chi connectivity index (χ3v) is 6.13. The third kappa shape index (κ3) is 3.60. The van der Waals surface area contributed by atoms with Crippen LogP contribution in [-0.4, -0.2) is 18.7 Å². The molecule has 19 heavy (non-hydrogen) atoms. The summed E-state index contributed by atoms with van der Waals surface area (Å²) in [4.78, 5) is 0. The molecule has 1 unspecified atom stereocenters. The molecule has 0 aromatic heterocycles. The first-order valence-corrected chi connectivity index (χ1v) is 8.53. The average Bonchev–Trinajstić information content (AvgIpc) is 2.12. The quantitative estimate of drug-likeness (QED) is 0.788. The van der Waals surface area contributed by atoms with Gasteiger partial charge in [-0.3, -0.25) is 0 Å². The maximum Gasteiger partial charge on any atom is 0.217 e. The molecule has 0 aromatic rings. The van der Waals surface area contributed by atoms with Crippen LogP contribution in [0.25, 0.3) is 0 Å². The molecule has 4 heteroatoms. The van der Waals surface area contributed by atoms with Gasteiger partial charge in [0.2, 0.25) is 10.0 Å².